The largest absolute Gasteiger partial charge is 0.399 e. The van der Waals surface area contributed by atoms with Gasteiger partial charge in [-0.3, -0.25) is 0 Å². The molecule has 1 heterocycles. The summed E-state index contributed by atoms with van der Waals surface area (Å²) < 4.78 is 0. The molecule has 0 aliphatic carbocycles. The number of hydrogen-bond acceptors (Lipinski definition) is 3. The van der Waals surface area contributed by atoms with Gasteiger partial charge in [-0.2, -0.15) is 0 Å². The molecule has 94 valence electrons. The smallest absolute Gasteiger partial charge is 0.132 e. The summed E-state index contributed by atoms with van der Waals surface area (Å²) in [6.07, 6.45) is 1.71. The number of nitrogen functional groups attached to an aromatic ring is 1. The van der Waals surface area contributed by atoms with Crippen LogP contribution in [0.25, 0.3) is 0 Å². The minimum atomic E-state index is 0.0872. The quantitative estimate of drug-likeness (QED) is 0.842. The van der Waals surface area contributed by atoms with E-state index >= 15 is 0 Å². The summed E-state index contributed by atoms with van der Waals surface area (Å²) in [5, 5.41) is 3.33. The molecule has 0 fully saturated rings. The second-order valence-corrected chi connectivity index (χ2v) is 5.39. The SMILES string of the molecule is CC(C)(C)c1ccccc1Nc1cc(N)ccn1. The highest BCUT2D eigenvalue weighted by molar-refractivity contribution is 5.64. The maximum Gasteiger partial charge on any atom is 0.132 e. The molecule has 1 aromatic heterocycles. The minimum absolute atomic E-state index is 0.0872. The number of pyridine rings is 1. The number of anilines is 3. The van der Waals surface area contributed by atoms with Gasteiger partial charge in [0, 0.05) is 23.6 Å². The van der Waals surface area contributed by atoms with E-state index < -0.39 is 0 Å². The molecule has 0 aliphatic heterocycles. The van der Waals surface area contributed by atoms with E-state index in [2.05, 4.69) is 49.3 Å². The van der Waals surface area contributed by atoms with Crippen LogP contribution in [0.5, 0.6) is 0 Å². The first kappa shape index (κ1) is 12.4. The van der Waals surface area contributed by atoms with Crippen LogP contribution in [0.4, 0.5) is 17.2 Å². The Morgan fingerprint density at radius 1 is 1.11 bits per heavy atom. The standard InChI is InChI=1S/C15H19N3/c1-15(2,3)12-6-4-5-7-13(12)18-14-10-11(16)8-9-17-14/h4-10H,1-3H3,(H3,16,17,18). The van der Waals surface area contributed by atoms with Gasteiger partial charge in [-0.05, 0) is 23.1 Å². The Bertz CT molecular complexity index is 541. The normalized spacial score (nSPS) is 11.3. The summed E-state index contributed by atoms with van der Waals surface area (Å²) in [4.78, 5) is 4.27. The molecule has 0 saturated carbocycles. The van der Waals surface area contributed by atoms with Crippen LogP contribution in [-0.2, 0) is 5.41 Å². The first-order chi connectivity index (χ1) is 8.47. The van der Waals surface area contributed by atoms with Gasteiger partial charge in [0.25, 0.3) is 0 Å². The Morgan fingerprint density at radius 3 is 2.50 bits per heavy atom. The molecule has 0 spiro atoms. The van der Waals surface area contributed by atoms with Crippen LogP contribution in [-0.4, -0.2) is 4.98 Å². The van der Waals surface area contributed by atoms with Gasteiger partial charge in [0.1, 0.15) is 5.82 Å². The number of aromatic nitrogens is 1. The van der Waals surface area contributed by atoms with Crippen LogP contribution in [0, 0.1) is 0 Å². The van der Waals surface area contributed by atoms with Gasteiger partial charge in [0.05, 0.1) is 0 Å². The van der Waals surface area contributed by atoms with Crippen LogP contribution in [0.15, 0.2) is 42.6 Å². The van der Waals surface area contributed by atoms with E-state index in [4.69, 9.17) is 5.73 Å². The molecule has 0 amide bonds. The molecule has 0 radical (unpaired) electrons. The fourth-order valence-corrected chi connectivity index (χ4v) is 1.90. The number of para-hydroxylation sites is 1. The monoisotopic (exact) mass is 241 g/mol. The lowest BCUT2D eigenvalue weighted by Crippen LogP contribution is -2.13. The number of nitrogens with zero attached hydrogens (tertiary/aromatic N) is 1. The molecule has 3 nitrogen and oxygen atoms in total. The van der Waals surface area contributed by atoms with Gasteiger partial charge in [0.2, 0.25) is 0 Å². The summed E-state index contributed by atoms with van der Waals surface area (Å²) in [6.45, 7) is 6.58. The third-order valence-corrected chi connectivity index (χ3v) is 2.78. The molecule has 1 aromatic carbocycles. The van der Waals surface area contributed by atoms with Crippen molar-refractivity contribution in [2.75, 3.05) is 11.1 Å². The molecule has 0 unspecified atom stereocenters. The molecule has 0 saturated heterocycles. The highest BCUT2D eigenvalue weighted by atomic mass is 15.0. The van der Waals surface area contributed by atoms with Crippen molar-refractivity contribution in [1.82, 2.24) is 4.98 Å². The van der Waals surface area contributed by atoms with Crippen LogP contribution in [0.3, 0.4) is 0 Å². The number of hydrogen-bond donors (Lipinski definition) is 2. The summed E-state index contributed by atoms with van der Waals surface area (Å²) in [6, 6.07) is 11.9. The summed E-state index contributed by atoms with van der Waals surface area (Å²) >= 11 is 0. The van der Waals surface area contributed by atoms with E-state index in [0.717, 1.165) is 11.5 Å². The van der Waals surface area contributed by atoms with E-state index in [1.54, 1.807) is 12.3 Å². The number of rotatable bonds is 2. The maximum atomic E-state index is 5.76. The van der Waals surface area contributed by atoms with Gasteiger partial charge in [-0.15, -0.1) is 0 Å². The Morgan fingerprint density at radius 2 is 1.83 bits per heavy atom. The fraction of sp³-hybridized carbons (Fsp3) is 0.267. The maximum absolute atomic E-state index is 5.76. The molecule has 3 heteroatoms. The van der Waals surface area contributed by atoms with E-state index in [1.165, 1.54) is 5.56 Å². The van der Waals surface area contributed by atoms with Gasteiger partial charge in [-0.1, -0.05) is 39.0 Å². The summed E-state index contributed by atoms with van der Waals surface area (Å²) in [7, 11) is 0. The van der Waals surface area contributed by atoms with E-state index in [9.17, 15) is 0 Å². The molecule has 2 aromatic rings. The fourth-order valence-electron chi connectivity index (χ4n) is 1.90. The second kappa shape index (κ2) is 4.69. The molecule has 0 bridgehead atoms. The zero-order valence-corrected chi connectivity index (χ0v) is 11.1. The first-order valence-corrected chi connectivity index (χ1v) is 6.05. The topological polar surface area (TPSA) is 50.9 Å². The van der Waals surface area contributed by atoms with Gasteiger partial charge in [0.15, 0.2) is 0 Å². The lowest BCUT2D eigenvalue weighted by Gasteiger charge is -2.23. The lowest BCUT2D eigenvalue weighted by molar-refractivity contribution is 0.592. The second-order valence-electron chi connectivity index (χ2n) is 5.39. The average molecular weight is 241 g/mol. The highest BCUT2D eigenvalue weighted by Crippen LogP contribution is 2.30. The molecule has 3 N–H and O–H groups in total. The van der Waals surface area contributed by atoms with Crippen molar-refractivity contribution in [2.24, 2.45) is 0 Å². The Kier molecular flexibility index (Phi) is 3.24. The zero-order chi connectivity index (χ0) is 13.2. The van der Waals surface area contributed by atoms with Crippen LogP contribution in [0.1, 0.15) is 26.3 Å². The van der Waals surface area contributed by atoms with Crippen LogP contribution < -0.4 is 11.1 Å². The summed E-state index contributed by atoms with van der Waals surface area (Å²) in [5.74, 6) is 0.770. The van der Waals surface area contributed by atoms with Crippen LogP contribution in [0.2, 0.25) is 0 Å². The summed E-state index contributed by atoms with van der Waals surface area (Å²) in [5.41, 5.74) is 8.88. The molecular weight excluding hydrogens is 222 g/mol. The molecule has 0 aliphatic rings. The third-order valence-electron chi connectivity index (χ3n) is 2.78. The Balaban J connectivity index is 2.35. The van der Waals surface area contributed by atoms with Crippen molar-refractivity contribution in [3.8, 4) is 0 Å². The number of nitrogens with two attached hydrogens (primary N) is 1. The molecule has 18 heavy (non-hydrogen) atoms. The molecule has 0 atom stereocenters. The minimum Gasteiger partial charge on any atom is -0.399 e. The number of benzene rings is 1. The Hall–Kier alpha value is -2.03. The van der Waals surface area contributed by atoms with Crippen molar-refractivity contribution >= 4 is 17.2 Å². The molecule has 2 rings (SSSR count). The third kappa shape index (κ3) is 2.80. The highest BCUT2D eigenvalue weighted by Gasteiger charge is 2.17. The first-order valence-electron chi connectivity index (χ1n) is 6.05. The predicted octanol–water partition coefficient (Wildman–Crippen LogP) is 3.70. The zero-order valence-electron chi connectivity index (χ0n) is 11.1. The van der Waals surface area contributed by atoms with Crippen molar-refractivity contribution in [3.05, 3.63) is 48.2 Å². The number of nitrogens with one attached hydrogen (secondary N) is 1. The van der Waals surface area contributed by atoms with Gasteiger partial charge < -0.3 is 11.1 Å². The lowest BCUT2D eigenvalue weighted by atomic mass is 9.86. The Labute approximate surface area is 108 Å². The van der Waals surface area contributed by atoms with E-state index in [0.29, 0.717) is 5.69 Å². The van der Waals surface area contributed by atoms with Crippen molar-refractivity contribution in [1.29, 1.82) is 0 Å². The van der Waals surface area contributed by atoms with E-state index in [-0.39, 0.29) is 5.41 Å². The van der Waals surface area contributed by atoms with Gasteiger partial charge >= 0.3 is 0 Å². The average Bonchev–Trinajstić information content (AvgIpc) is 2.28. The molecular formula is C15H19N3. The van der Waals surface area contributed by atoms with Crippen molar-refractivity contribution in [2.45, 2.75) is 26.2 Å². The van der Waals surface area contributed by atoms with Crippen LogP contribution >= 0.6 is 0 Å². The van der Waals surface area contributed by atoms with Gasteiger partial charge in [-0.25, -0.2) is 4.98 Å². The predicted molar refractivity (Wildman–Crippen MR) is 77.1 cm³/mol. The van der Waals surface area contributed by atoms with Crippen molar-refractivity contribution < 1.29 is 0 Å². The van der Waals surface area contributed by atoms with Crippen molar-refractivity contribution in [3.63, 3.8) is 0 Å². The van der Waals surface area contributed by atoms with E-state index in [1.807, 2.05) is 12.1 Å².